The summed E-state index contributed by atoms with van der Waals surface area (Å²) < 4.78 is 18.4. The van der Waals surface area contributed by atoms with Gasteiger partial charge in [0.15, 0.2) is 0 Å². The van der Waals surface area contributed by atoms with Gasteiger partial charge in [-0.25, -0.2) is 0 Å². The second-order valence-electron chi connectivity index (χ2n) is 14.0. The highest BCUT2D eigenvalue weighted by atomic mass is 32.1. The summed E-state index contributed by atoms with van der Waals surface area (Å²) >= 11 is 3.75. The number of fused-ring (bicyclic) bond motifs is 20. The summed E-state index contributed by atoms with van der Waals surface area (Å²) in [7, 11) is 0. The smallest absolute Gasteiger partial charge is 0.136 e. The molecule has 0 bridgehead atoms. The molecule has 2 nitrogen and oxygen atoms in total. The largest absolute Gasteiger partial charge is 0.456 e. The second-order valence-corrected chi connectivity index (χ2v) is 16.1. The molecule has 0 saturated carbocycles. The Morgan fingerprint density at radius 3 is 1.06 bits per heavy atom. The predicted octanol–water partition coefficient (Wildman–Crippen LogP) is 15.2. The average molecular weight is 697 g/mol. The molecule has 0 amide bonds. The van der Waals surface area contributed by atoms with Crippen LogP contribution in [0.3, 0.4) is 0 Å². The number of hydrogen-bond acceptors (Lipinski definition) is 4. The third kappa shape index (κ3) is 3.58. The zero-order valence-corrected chi connectivity index (χ0v) is 29.1. The first-order chi connectivity index (χ1) is 25.7. The molecule has 240 valence electrons. The van der Waals surface area contributed by atoms with E-state index in [9.17, 15) is 0 Å². The second kappa shape index (κ2) is 9.77. The van der Waals surface area contributed by atoms with Crippen molar-refractivity contribution in [2.75, 3.05) is 0 Å². The molecule has 0 aliphatic heterocycles. The Morgan fingerprint density at radius 2 is 0.596 bits per heavy atom. The van der Waals surface area contributed by atoms with Gasteiger partial charge in [0.25, 0.3) is 0 Å². The van der Waals surface area contributed by atoms with Crippen LogP contribution in [0.15, 0.2) is 154 Å². The van der Waals surface area contributed by atoms with Crippen LogP contribution in [-0.4, -0.2) is 0 Å². The van der Waals surface area contributed by atoms with Crippen LogP contribution in [0.2, 0.25) is 0 Å². The lowest BCUT2D eigenvalue weighted by molar-refractivity contribution is 0.668. The van der Waals surface area contributed by atoms with E-state index in [1.165, 1.54) is 84.9 Å². The highest BCUT2D eigenvalue weighted by Crippen LogP contribution is 2.54. The molecule has 12 aromatic rings. The molecule has 0 spiro atoms. The summed E-state index contributed by atoms with van der Waals surface area (Å²) in [5.74, 6) is 0. The van der Waals surface area contributed by atoms with Gasteiger partial charge in [-0.2, -0.15) is 0 Å². The minimum atomic E-state index is 0.901. The number of rotatable bonds is 0. The highest BCUT2D eigenvalue weighted by Gasteiger charge is 2.27. The van der Waals surface area contributed by atoms with Crippen molar-refractivity contribution in [1.82, 2.24) is 0 Å². The van der Waals surface area contributed by atoms with Crippen LogP contribution < -0.4 is 0 Å². The van der Waals surface area contributed by atoms with E-state index in [1.807, 2.05) is 22.7 Å². The van der Waals surface area contributed by atoms with Gasteiger partial charge in [0.05, 0.1) is 0 Å². The van der Waals surface area contributed by atoms with Crippen LogP contribution in [0.5, 0.6) is 0 Å². The van der Waals surface area contributed by atoms with E-state index in [1.54, 1.807) is 0 Å². The quantitative estimate of drug-likeness (QED) is 0.158. The van der Waals surface area contributed by atoms with Crippen molar-refractivity contribution < 1.29 is 8.83 Å². The van der Waals surface area contributed by atoms with Crippen molar-refractivity contribution in [2.45, 2.75) is 0 Å². The summed E-state index contributed by atoms with van der Waals surface area (Å²) in [6.07, 6.45) is 0. The molecule has 0 radical (unpaired) electrons. The van der Waals surface area contributed by atoms with Gasteiger partial charge in [-0.05, 0) is 117 Å². The summed E-state index contributed by atoms with van der Waals surface area (Å²) in [6, 6.07) is 53.6. The van der Waals surface area contributed by atoms with Gasteiger partial charge < -0.3 is 8.83 Å². The summed E-state index contributed by atoms with van der Waals surface area (Å²) in [5.41, 5.74) is 13.3. The van der Waals surface area contributed by atoms with E-state index in [4.69, 9.17) is 8.83 Å². The van der Waals surface area contributed by atoms with Crippen LogP contribution in [0, 0.1) is 0 Å². The monoisotopic (exact) mass is 696 g/mol. The molecular formula is C48H24O2S2. The SMILES string of the molecule is c1ccc2c(c1)oc1cc3c(cc12)-c1cc2c(cc1-c1cc4c(cc1-c1cc5sc6ccccc6c5cc1-3)sc1ccccc14)oc1ccccc12. The van der Waals surface area contributed by atoms with Crippen molar-refractivity contribution in [3.8, 4) is 44.5 Å². The number of benzene rings is 8. The Labute approximate surface area is 304 Å². The molecule has 8 aromatic carbocycles. The first kappa shape index (κ1) is 27.5. The van der Waals surface area contributed by atoms with Gasteiger partial charge in [0, 0.05) is 61.9 Å². The van der Waals surface area contributed by atoms with Gasteiger partial charge in [0.2, 0.25) is 0 Å². The van der Waals surface area contributed by atoms with E-state index in [-0.39, 0.29) is 0 Å². The minimum Gasteiger partial charge on any atom is -0.456 e. The Morgan fingerprint density at radius 1 is 0.250 bits per heavy atom. The van der Waals surface area contributed by atoms with Gasteiger partial charge in [-0.15, -0.1) is 22.7 Å². The molecule has 1 aliphatic carbocycles. The molecule has 0 saturated heterocycles. The van der Waals surface area contributed by atoms with Crippen molar-refractivity contribution >= 4 is 107 Å². The number of furan rings is 2. The van der Waals surface area contributed by atoms with E-state index < -0.39 is 0 Å². The van der Waals surface area contributed by atoms with Crippen molar-refractivity contribution in [2.24, 2.45) is 0 Å². The normalized spacial score (nSPS) is 12.6. The molecule has 4 heterocycles. The van der Waals surface area contributed by atoms with Gasteiger partial charge >= 0.3 is 0 Å². The maximum Gasteiger partial charge on any atom is 0.136 e. The Kier molecular flexibility index (Phi) is 5.17. The maximum absolute atomic E-state index is 6.60. The molecule has 0 fully saturated rings. The van der Waals surface area contributed by atoms with Crippen LogP contribution in [0.4, 0.5) is 0 Å². The highest BCUT2D eigenvalue weighted by molar-refractivity contribution is 7.26. The van der Waals surface area contributed by atoms with Crippen LogP contribution >= 0.6 is 22.7 Å². The molecule has 4 heteroatoms. The lowest BCUT2D eigenvalue weighted by Gasteiger charge is -2.24. The number of hydrogen-bond donors (Lipinski definition) is 0. The van der Waals surface area contributed by atoms with Crippen molar-refractivity contribution in [3.05, 3.63) is 146 Å². The summed E-state index contributed by atoms with van der Waals surface area (Å²) in [4.78, 5) is 0. The minimum absolute atomic E-state index is 0.901. The summed E-state index contributed by atoms with van der Waals surface area (Å²) in [6.45, 7) is 0. The zero-order chi connectivity index (χ0) is 33.7. The molecule has 0 N–H and O–H groups in total. The summed E-state index contributed by atoms with van der Waals surface area (Å²) in [5, 5.41) is 9.68. The molecule has 1 aliphatic rings. The standard InChI is InChI=1S/C48H24O2S2/c1-5-13-41-25(9-1)37-17-29-30-18-38-26-10-2-6-14-42(26)50-44(38)22-34(30)32-20-40-28-12-4-8-16-46(28)52-48(40)24-36(32)35-23-47-39(27-11-3-7-15-45(27)51-47)19-31(35)33(29)21-43(37)49-41/h1-24H. The fourth-order valence-corrected chi connectivity index (χ4v) is 11.1. The van der Waals surface area contributed by atoms with E-state index in [0.29, 0.717) is 0 Å². The van der Waals surface area contributed by atoms with Crippen LogP contribution in [-0.2, 0) is 0 Å². The fourth-order valence-electron chi connectivity index (χ4n) is 8.87. The topological polar surface area (TPSA) is 26.3 Å². The third-order valence-corrected chi connectivity index (χ3v) is 13.5. The molecule has 4 aromatic heterocycles. The fraction of sp³-hybridized carbons (Fsp3) is 0. The molecule has 52 heavy (non-hydrogen) atoms. The Hall–Kier alpha value is -6.20. The van der Waals surface area contributed by atoms with Crippen LogP contribution in [0.1, 0.15) is 0 Å². The van der Waals surface area contributed by atoms with Crippen LogP contribution in [0.25, 0.3) is 129 Å². The lowest BCUT2D eigenvalue weighted by atomic mass is 9.79. The predicted molar refractivity (Wildman–Crippen MR) is 222 cm³/mol. The van der Waals surface area contributed by atoms with Crippen molar-refractivity contribution in [1.29, 1.82) is 0 Å². The first-order valence-corrected chi connectivity index (χ1v) is 19.2. The third-order valence-electron chi connectivity index (χ3n) is 11.2. The van der Waals surface area contributed by atoms with Gasteiger partial charge in [-0.1, -0.05) is 72.8 Å². The molecule has 13 rings (SSSR count). The van der Waals surface area contributed by atoms with E-state index in [0.717, 1.165) is 43.9 Å². The van der Waals surface area contributed by atoms with Crippen molar-refractivity contribution in [3.63, 3.8) is 0 Å². The lowest BCUT2D eigenvalue weighted by Crippen LogP contribution is -1.97. The van der Waals surface area contributed by atoms with E-state index in [2.05, 4.69) is 146 Å². The number of thiophene rings is 2. The molecule has 0 unspecified atom stereocenters. The van der Waals surface area contributed by atoms with Gasteiger partial charge in [-0.3, -0.25) is 0 Å². The Bertz CT molecular complexity index is 3300. The Balaban J connectivity index is 1.27. The molecule has 0 atom stereocenters. The average Bonchev–Trinajstić information content (AvgIpc) is 3.94. The molecular weight excluding hydrogens is 673 g/mol. The zero-order valence-electron chi connectivity index (χ0n) is 27.5. The maximum atomic E-state index is 6.60. The van der Waals surface area contributed by atoms with Gasteiger partial charge in [0.1, 0.15) is 22.3 Å². The first-order valence-electron chi connectivity index (χ1n) is 17.6. The van der Waals surface area contributed by atoms with E-state index >= 15 is 0 Å². The number of para-hydroxylation sites is 2.